The molecule has 1 fully saturated rings. The summed E-state index contributed by atoms with van der Waals surface area (Å²) < 4.78 is 0. The van der Waals surface area contributed by atoms with E-state index in [1.165, 1.54) is 0 Å². The fourth-order valence-corrected chi connectivity index (χ4v) is 3.06. The number of carboxylic acid groups (broad SMARTS) is 1. The van der Waals surface area contributed by atoms with E-state index >= 15 is 0 Å². The Hall–Kier alpha value is -1.10. The molecule has 0 radical (unpaired) electrons. The summed E-state index contributed by atoms with van der Waals surface area (Å²) in [5.74, 6) is -1.70. The van der Waals surface area contributed by atoms with E-state index in [2.05, 4.69) is 17.1 Å². The zero-order valence-corrected chi connectivity index (χ0v) is 13.3. The predicted octanol–water partition coefficient (Wildman–Crippen LogP) is 1.72. The number of amides is 1. The molecule has 1 aliphatic heterocycles. The Bertz CT molecular complexity index is 362. The number of likely N-dealkylation sites (N-methyl/N-ethyl adjacent to an activating group) is 1. The number of aliphatic carboxylic acids is 1. The second kappa shape index (κ2) is 6.12. The van der Waals surface area contributed by atoms with Gasteiger partial charge in [-0.2, -0.15) is 0 Å². The molecule has 5 heteroatoms. The van der Waals surface area contributed by atoms with E-state index in [0.29, 0.717) is 0 Å². The minimum absolute atomic E-state index is 0.0496. The fourth-order valence-electron chi connectivity index (χ4n) is 3.06. The van der Waals surface area contributed by atoms with Crippen molar-refractivity contribution in [3.8, 4) is 0 Å². The largest absolute Gasteiger partial charge is 0.481 e. The van der Waals surface area contributed by atoms with Crippen molar-refractivity contribution in [1.82, 2.24) is 10.2 Å². The maximum Gasteiger partial charge on any atom is 0.307 e. The summed E-state index contributed by atoms with van der Waals surface area (Å²) in [6.07, 6.45) is 2.00. The van der Waals surface area contributed by atoms with E-state index in [0.717, 1.165) is 25.9 Å². The zero-order valence-electron chi connectivity index (χ0n) is 13.3. The first kappa shape index (κ1) is 17.0. The van der Waals surface area contributed by atoms with E-state index in [4.69, 9.17) is 0 Å². The van der Waals surface area contributed by atoms with Crippen LogP contribution in [0.1, 0.15) is 47.0 Å². The molecule has 0 aliphatic carbocycles. The normalized spacial score (nSPS) is 20.1. The van der Waals surface area contributed by atoms with Crippen molar-refractivity contribution >= 4 is 11.9 Å². The third kappa shape index (κ3) is 4.20. The molecular weight excluding hydrogens is 256 g/mol. The molecule has 1 atom stereocenters. The summed E-state index contributed by atoms with van der Waals surface area (Å²) in [5.41, 5.74) is -0.570. The first-order valence-electron chi connectivity index (χ1n) is 7.32. The number of nitrogens with one attached hydrogen (secondary N) is 1. The van der Waals surface area contributed by atoms with Crippen LogP contribution < -0.4 is 5.32 Å². The first-order chi connectivity index (χ1) is 9.09. The lowest BCUT2D eigenvalue weighted by Crippen LogP contribution is -2.69. The average Bonchev–Trinajstić information content (AvgIpc) is 2.22. The Morgan fingerprint density at radius 3 is 2.25 bits per heavy atom. The smallest absolute Gasteiger partial charge is 0.307 e. The van der Waals surface area contributed by atoms with Crippen molar-refractivity contribution in [1.29, 1.82) is 0 Å². The highest BCUT2D eigenvalue weighted by Gasteiger charge is 2.42. The molecule has 1 amide bonds. The molecule has 1 rings (SSSR count). The van der Waals surface area contributed by atoms with Crippen molar-refractivity contribution in [3.63, 3.8) is 0 Å². The zero-order chi connectivity index (χ0) is 15.6. The monoisotopic (exact) mass is 284 g/mol. The van der Waals surface area contributed by atoms with Gasteiger partial charge in [0.15, 0.2) is 0 Å². The molecular formula is C15H28N2O3. The van der Waals surface area contributed by atoms with Gasteiger partial charge >= 0.3 is 5.97 Å². The van der Waals surface area contributed by atoms with Gasteiger partial charge in [-0.15, -0.1) is 0 Å². The van der Waals surface area contributed by atoms with Gasteiger partial charge in [-0.3, -0.25) is 9.59 Å². The van der Waals surface area contributed by atoms with Crippen molar-refractivity contribution in [2.24, 2.45) is 11.3 Å². The van der Waals surface area contributed by atoms with Gasteiger partial charge in [0.1, 0.15) is 0 Å². The van der Waals surface area contributed by atoms with E-state index in [1.807, 2.05) is 27.8 Å². The maximum atomic E-state index is 12.2. The van der Waals surface area contributed by atoms with Gasteiger partial charge in [-0.1, -0.05) is 34.1 Å². The molecule has 0 saturated carbocycles. The van der Waals surface area contributed by atoms with Gasteiger partial charge in [0.25, 0.3) is 0 Å². The predicted molar refractivity (Wildman–Crippen MR) is 78.5 cm³/mol. The minimum atomic E-state index is -0.900. The Labute approximate surface area is 121 Å². The van der Waals surface area contributed by atoms with Crippen molar-refractivity contribution in [2.45, 2.75) is 52.5 Å². The number of carbonyl (C=O) groups is 2. The molecule has 1 aliphatic rings. The number of rotatable bonds is 6. The lowest BCUT2D eigenvalue weighted by atomic mass is 9.78. The summed E-state index contributed by atoms with van der Waals surface area (Å²) in [6.45, 7) is 9.37. The van der Waals surface area contributed by atoms with Gasteiger partial charge in [0.05, 0.1) is 11.5 Å². The maximum absolute atomic E-state index is 12.2. The van der Waals surface area contributed by atoms with Gasteiger partial charge in [0, 0.05) is 19.5 Å². The van der Waals surface area contributed by atoms with E-state index in [1.54, 1.807) is 0 Å². The summed E-state index contributed by atoms with van der Waals surface area (Å²) in [7, 11) is 2.02. The molecule has 20 heavy (non-hydrogen) atoms. The molecule has 5 nitrogen and oxygen atoms in total. The fraction of sp³-hybridized carbons (Fsp3) is 0.867. The standard InChI is InChI=1S/C15H28N2O3/c1-6-7-15(9-17(5)10-15)16-12(18)8-11(13(19)20)14(2,3)4/h11H,6-10H2,1-5H3,(H,16,18)(H,19,20). The summed E-state index contributed by atoms with van der Waals surface area (Å²) in [6, 6.07) is 0. The Balaban J connectivity index is 2.64. The van der Waals surface area contributed by atoms with Crippen molar-refractivity contribution in [2.75, 3.05) is 20.1 Å². The minimum Gasteiger partial charge on any atom is -0.481 e. The van der Waals surface area contributed by atoms with Crippen LogP contribution in [0.2, 0.25) is 0 Å². The number of likely N-dealkylation sites (tertiary alicyclic amines) is 1. The van der Waals surface area contributed by atoms with Crippen LogP contribution in [0.25, 0.3) is 0 Å². The van der Waals surface area contributed by atoms with Crippen LogP contribution in [0, 0.1) is 11.3 Å². The van der Waals surface area contributed by atoms with Gasteiger partial charge in [-0.25, -0.2) is 0 Å². The summed E-state index contributed by atoms with van der Waals surface area (Å²) >= 11 is 0. The van der Waals surface area contributed by atoms with Crippen LogP contribution in [0.3, 0.4) is 0 Å². The Kier molecular flexibility index (Phi) is 5.19. The average molecular weight is 284 g/mol. The molecule has 2 N–H and O–H groups in total. The van der Waals surface area contributed by atoms with Crippen LogP contribution in [-0.4, -0.2) is 47.6 Å². The van der Waals surface area contributed by atoms with Crippen LogP contribution in [0.5, 0.6) is 0 Å². The molecule has 116 valence electrons. The molecule has 1 saturated heterocycles. The van der Waals surface area contributed by atoms with Crippen LogP contribution >= 0.6 is 0 Å². The van der Waals surface area contributed by atoms with E-state index in [9.17, 15) is 14.7 Å². The molecule has 0 aromatic rings. The van der Waals surface area contributed by atoms with Crippen LogP contribution in [0.15, 0.2) is 0 Å². The van der Waals surface area contributed by atoms with Crippen LogP contribution in [0.4, 0.5) is 0 Å². The summed E-state index contributed by atoms with van der Waals surface area (Å²) in [5, 5.41) is 12.4. The second-order valence-electron chi connectivity index (χ2n) is 7.21. The third-order valence-corrected chi connectivity index (χ3v) is 4.01. The molecule has 0 bridgehead atoms. The van der Waals surface area contributed by atoms with Crippen molar-refractivity contribution in [3.05, 3.63) is 0 Å². The van der Waals surface area contributed by atoms with Gasteiger partial charge < -0.3 is 15.3 Å². The summed E-state index contributed by atoms with van der Waals surface area (Å²) in [4.78, 5) is 25.7. The van der Waals surface area contributed by atoms with Crippen LogP contribution in [-0.2, 0) is 9.59 Å². The van der Waals surface area contributed by atoms with E-state index < -0.39 is 17.3 Å². The lowest BCUT2D eigenvalue weighted by Gasteiger charge is -2.49. The molecule has 0 aromatic heterocycles. The highest BCUT2D eigenvalue weighted by Crippen LogP contribution is 2.30. The molecule has 0 aromatic carbocycles. The Morgan fingerprint density at radius 1 is 1.35 bits per heavy atom. The number of hydrogen-bond donors (Lipinski definition) is 2. The lowest BCUT2D eigenvalue weighted by molar-refractivity contribution is -0.148. The topological polar surface area (TPSA) is 69.6 Å². The number of carboxylic acids is 1. The molecule has 0 spiro atoms. The third-order valence-electron chi connectivity index (χ3n) is 4.01. The molecule has 1 unspecified atom stereocenters. The highest BCUT2D eigenvalue weighted by atomic mass is 16.4. The van der Waals surface area contributed by atoms with Gasteiger partial charge in [0.2, 0.25) is 5.91 Å². The number of hydrogen-bond acceptors (Lipinski definition) is 3. The number of carbonyl (C=O) groups excluding carboxylic acids is 1. The van der Waals surface area contributed by atoms with E-state index in [-0.39, 0.29) is 17.9 Å². The Morgan fingerprint density at radius 2 is 1.90 bits per heavy atom. The second-order valence-corrected chi connectivity index (χ2v) is 7.21. The SMILES string of the molecule is CCCC1(NC(=O)CC(C(=O)O)C(C)(C)C)CN(C)C1. The number of nitrogens with zero attached hydrogens (tertiary/aromatic N) is 1. The first-order valence-corrected chi connectivity index (χ1v) is 7.32. The molecule has 1 heterocycles. The highest BCUT2D eigenvalue weighted by molar-refractivity contribution is 5.83. The van der Waals surface area contributed by atoms with Crippen molar-refractivity contribution < 1.29 is 14.7 Å². The van der Waals surface area contributed by atoms with Gasteiger partial charge in [-0.05, 0) is 18.9 Å². The quantitative estimate of drug-likeness (QED) is 0.779.